The van der Waals surface area contributed by atoms with Crippen molar-refractivity contribution >= 4 is 11.8 Å². The first-order valence-corrected chi connectivity index (χ1v) is 8.26. The van der Waals surface area contributed by atoms with Gasteiger partial charge in [0.1, 0.15) is 5.75 Å². The first-order chi connectivity index (χ1) is 12.6. The SMILES string of the molecule is CCOc1ccccc1CCC(=O)NNC(=O)COc1ccccc1F. The van der Waals surface area contributed by atoms with E-state index in [-0.39, 0.29) is 18.1 Å². The van der Waals surface area contributed by atoms with Gasteiger partial charge in [-0.25, -0.2) is 4.39 Å². The number of hydrazine groups is 1. The maximum absolute atomic E-state index is 13.4. The summed E-state index contributed by atoms with van der Waals surface area (Å²) in [6, 6.07) is 13.2. The zero-order valence-electron chi connectivity index (χ0n) is 14.5. The first-order valence-electron chi connectivity index (χ1n) is 8.26. The Balaban J connectivity index is 1.71. The van der Waals surface area contributed by atoms with Gasteiger partial charge < -0.3 is 9.47 Å². The van der Waals surface area contributed by atoms with Crippen LogP contribution in [0.3, 0.4) is 0 Å². The molecule has 26 heavy (non-hydrogen) atoms. The Morgan fingerprint density at radius 1 is 0.923 bits per heavy atom. The minimum atomic E-state index is -0.587. The number of ether oxygens (including phenoxy) is 2. The Kier molecular flexibility index (Phi) is 7.42. The summed E-state index contributed by atoms with van der Waals surface area (Å²) in [6.07, 6.45) is 0.655. The molecular formula is C19H21FN2O4. The minimum Gasteiger partial charge on any atom is -0.494 e. The highest BCUT2D eigenvalue weighted by Crippen LogP contribution is 2.19. The van der Waals surface area contributed by atoms with Crippen molar-refractivity contribution in [3.8, 4) is 11.5 Å². The Labute approximate surface area is 151 Å². The first kappa shape index (κ1) is 19.2. The molecule has 0 saturated heterocycles. The van der Waals surface area contributed by atoms with Gasteiger partial charge in [0.05, 0.1) is 6.61 Å². The molecule has 0 aliphatic rings. The molecule has 0 unspecified atom stereocenters. The third-order valence-corrected chi connectivity index (χ3v) is 3.43. The van der Waals surface area contributed by atoms with Crippen molar-refractivity contribution in [1.82, 2.24) is 10.9 Å². The Hall–Kier alpha value is -3.09. The van der Waals surface area contributed by atoms with Gasteiger partial charge in [0, 0.05) is 6.42 Å². The molecule has 0 aromatic heterocycles. The molecule has 0 saturated carbocycles. The van der Waals surface area contributed by atoms with Gasteiger partial charge >= 0.3 is 0 Å². The molecule has 0 aliphatic carbocycles. The lowest BCUT2D eigenvalue weighted by Crippen LogP contribution is -2.43. The number of rotatable bonds is 8. The highest BCUT2D eigenvalue weighted by Gasteiger charge is 2.09. The number of nitrogens with one attached hydrogen (secondary N) is 2. The van der Waals surface area contributed by atoms with Crippen molar-refractivity contribution in [2.45, 2.75) is 19.8 Å². The third-order valence-electron chi connectivity index (χ3n) is 3.43. The van der Waals surface area contributed by atoms with Crippen molar-refractivity contribution in [1.29, 1.82) is 0 Å². The second kappa shape index (κ2) is 10.0. The minimum absolute atomic E-state index is 0.0264. The van der Waals surface area contributed by atoms with Crippen molar-refractivity contribution < 1.29 is 23.5 Å². The van der Waals surface area contributed by atoms with Gasteiger partial charge in [0.2, 0.25) is 5.91 Å². The maximum Gasteiger partial charge on any atom is 0.276 e. The Morgan fingerprint density at radius 3 is 2.31 bits per heavy atom. The molecule has 2 aromatic rings. The van der Waals surface area contributed by atoms with E-state index in [1.807, 2.05) is 31.2 Å². The molecule has 0 heterocycles. The van der Waals surface area contributed by atoms with E-state index >= 15 is 0 Å². The standard InChI is InChI=1S/C19H21FN2O4/c1-2-25-16-9-5-3-7-14(16)11-12-18(23)21-22-19(24)13-26-17-10-6-4-8-15(17)20/h3-10H,2,11-13H2,1H3,(H,21,23)(H,22,24). The molecule has 0 spiro atoms. The predicted octanol–water partition coefficient (Wildman–Crippen LogP) is 2.38. The zero-order chi connectivity index (χ0) is 18.8. The fourth-order valence-electron chi connectivity index (χ4n) is 2.20. The number of hydrogen-bond donors (Lipinski definition) is 2. The monoisotopic (exact) mass is 360 g/mol. The fourth-order valence-corrected chi connectivity index (χ4v) is 2.20. The molecular weight excluding hydrogens is 339 g/mol. The lowest BCUT2D eigenvalue weighted by atomic mass is 10.1. The zero-order valence-corrected chi connectivity index (χ0v) is 14.5. The summed E-state index contributed by atoms with van der Waals surface area (Å²) in [4.78, 5) is 23.5. The van der Waals surface area contributed by atoms with E-state index < -0.39 is 18.3 Å². The van der Waals surface area contributed by atoms with Crippen LogP contribution in [0.1, 0.15) is 18.9 Å². The van der Waals surface area contributed by atoms with Gasteiger partial charge in [-0.1, -0.05) is 30.3 Å². The average molecular weight is 360 g/mol. The Bertz CT molecular complexity index is 752. The normalized spacial score (nSPS) is 10.1. The van der Waals surface area contributed by atoms with E-state index in [0.717, 1.165) is 11.3 Å². The van der Waals surface area contributed by atoms with Gasteiger partial charge in [-0.3, -0.25) is 20.4 Å². The molecule has 0 aliphatic heterocycles. The second-order valence-corrected chi connectivity index (χ2v) is 5.36. The van der Waals surface area contributed by atoms with E-state index in [0.29, 0.717) is 13.0 Å². The van der Waals surface area contributed by atoms with E-state index in [4.69, 9.17) is 9.47 Å². The number of carbonyl (C=O) groups is 2. The lowest BCUT2D eigenvalue weighted by Gasteiger charge is -2.11. The summed E-state index contributed by atoms with van der Waals surface area (Å²) in [5, 5.41) is 0. The number of aryl methyl sites for hydroxylation is 1. The smallest absolute Gasteiger partial charge is 0.276 e. The van der Waals surface area contributed by atoms with Crippen LogP contribution < -0.4 is 20.3 Å². The predicted molar refractivity (Wildman–Crippen MR) is 94.1 cm³/mol. The van der Waals surface area contributed by atoms with E-state index in [1.54, 1.807) is 6.07 Å². The van der Waals surface area contributed by atoms with E-state index in [2.05, 4.69) is 10.9 Å². The second-order valence-electron chi connectivity index (χ2n) is 5.36. The summed E-state index contributed by atoms with van der Waals surface area (Å²) in [5.41, 5.74) is 5.45. The molecule has 6 nitrogen and oxygen atoms in total. The summed E-state index contributed by atoms with van der Waals surface area (Å²) in [7, 11) is 0. The van der Waals surface area contributed by atoms with Crippen LogP contribution in [-0.4, -0.2) is 25.0 Å². The van der Waals surface area contributed by atoms with Crippen LogP contribution in [-0.2, 0) is 16.0 Å². The number of amides is 2. The molecule has 138 valence electrons. The van der Waals surface area contributed by atoms with Crippen LogP contribution in [0, 0.1) is 5.82 Å². The number of halogens is 1. The molecule has 2 amide bonds. The highest BCUT2D eigenvalue weighted by atomic mass is 19.1. The Morgan fingerprint density at radius 2 is 1.58 bits per heavy atom. The van der Waals surface area contributed by atoms with Gasteiger partial charge in [0.15, 0.2) is 18.2 Å². The highest BCUT2D eigenvalue weighted by molar-refractivity contribution is 5.82. The van der Waals surface area contributed by atoms with Crippen molar-refractivity contribution in [2.24, 2.45) is 0 Å². The van der Waals surface area contributed by atoms with Crippen LogP contribution in [0.15, 0.2) is 48.5 Å². The van der Waals surface area contributed by atoms with Crippen molar-refractivity contribution in [2.75, 3.05) is 13.2 Å². The number of carbonyl (C=O) groups excluding carboxylic acids is 2. The van der Waals surface area contributed by atoms with Gasteiger partial charge in [-0.2, -0.15) is 0 Å². The molecule has 0 fully saturated rings. The topological polar surface area (TPSA) is 76.7 Å². The molecule has 2 aromatic carbocycles. The van der Waals surface area contributed by atoms with Gasteiger partial charge in [-0.15, -0.1) is 0 Å². The van der Waals surface area contributed by atoms with Gasteiger partial charge in [0.25, 0.3) is 5.91 Å². The van der Waals surface area contributed by atoms with Crippen molar-refractivity contribution in [3.05, 3.63) is 59.9 Å². The number of hydrogen-bond acceptors (Lipinski definition) is 4. The van der Waals surface area contributed by atoms with Crippen LogP contribution >= 0.6 is 0 Å². The summed E-state index contributed by atoms with van der Waals surface area (Å²) >= 11 is 0. The molecule has 0 radical (unpaired) electrons. The summed E-state index contributed by atoms with van der Waals surface area (Å²) < 4.78 is 23.9. The quantitative estimate of drug-likeness (QED) is 0.709. The van der Waals surface area contributed by atoms with Crippen LogP contribution in [0.4, 0.5) is 4.39 Å². The molecule has 2 N–H and O–H groups in total. The molecule has 2 rings (SSSR count). The largest absolute Gasteiger partial charge is 0.494 e. The van der Waals surface area contributed by atoms with E-state index in [9.17, 15) is 14.0 Å². The van der Waals surface area contributed by atoms with Crippen LogP contribution in [0.2, 0.25) is 0 Å². The number of benzene rings is 2. The van der Waals surface area contributed by atoms with E-state index in [1.165, 1.54) is 18.2 Å². The van der Waals surface area contributed by atoms with Crippen molar-refractivity contribution in [3.63, 3.8) is 0 Å². The molecule has 0 atom stereocenters. The average Bonchev–Trinajstić information content (AvgIpc) is 2.65. The molecule has 0 bridgehead atoms. The molecule has 7 heteroatoms. The maximum atomic E-state index is 13.4. The van der Waals surface area contributed by atoms with Crippen LogP contribution in [0.25, 0.3) is 0 Å². The third kappa shape index (κ3) is 6.08. The number of para-hydroxylation sites is 2. The van der Waals surface area contributed by atoms with Crippen LogP contribution in [0.5, 0.6) is 11.5 Å². The lowest BCUT2D eigenvalue weighted by molar-refractivity contribution is -0.130. The summed E-state index contributed by atoms with van der Waals surface area (Å²) in [5.74, 6) is -0.782. The van der Waals surface area contributed by atoms with Gasteiger partial charge in [-0.05, 0) is 37.1 Å². The fraction of sp³-hybridized carbons (Fsp3) is 0.263. The summed E-state index contributed by atoms with van der Waals surface area (Å²) in [6.45, 7) is 2.03.